The number of hydrogen-bond donors (Lipinski definition) is 0. The molecule has 0 unspecified atom stereocenters. The van der Waals surface area contributed by atoms with Crippen LogP contribution in [0, 0.1) is 0 Å². The maximum Gasteiger partial charge on any atom is 0.240 e. The Hall–Kier alpha value is -2.68. The summed E-state index contributed by atoms with van der Waals surface area (Å²) in [7, 11) is 0. The van der Waals surface area contributed by atoms with Gasteiger partial charge >= 0.3 is 0 Å². The minimum Gasteiger partial charge on any atom is -0.236 e. The molecule has 0 bridgehead atoms. The van der Waals surface area contributed by atoms with Gasteiger partial charge in [-0.15, -0.1) is 4.99 Å². The Balaban J connectivity index is 2.11. The molecule has 0 saturated heterocycles. The predicted octanol–water partition coefficient (Wildman–Crippen LogP) is 7.86. The monoisotopic (exact) mass is 430 g/mol. The third-order valence-corrected chi connectivity index (χ3v) is 6.23. The average Bonchev–Trinajstić information content (AvgIpc) is 3.22. The standard InChI is InChI=1S/C29H40N3/c1-19(2)24-12-10-13-25(20(3)4)28(24)30-23(9)31-16-17-32(18-31)29-26(21(5)6)14-11-15-27(29)22(7)8/h10-22H,1-9H3/q+1. The third kappa shape index (κ3) is 4.87. The highest BCUT2D eigenvalue weighted by atomic mass is 15.2. The maximum absolute atomic E-state index is 5.16. The predicted molar refractivity (Wildman–Crippen MR) is 137 cm³/mol. The van der Waals surface area contributed by atoms with Gasteiger partial charge in [-0.05, 0) is 45.9 Å². The Morgan fingerprint density at radius 3 is 1.59 bits per heavy atom. The first-order chi connectivity index (χ1) is 15.1. The van der Waals surface area contributed by atoms with Crippen LogP contribution in [0.3, 0.4) is 0 Å². The van der Waals surface area contributed by atoms with Crippen molar-refractivity contribution >= 4 is 11.5 Å². The molecule has 170 valence electrons. The van der Waals surface area contributed by atoms with Crippen LogP contribution in [-0.2, 0) is 0 Å². The minimum atomic E-state index is 0.432. The van der Waals surface area contributed by atoms with Crippen LogP contribution in [-0.4, -0.2) is 10.4 Å². The molecule has 0 saturated carbocycles. The maximum atomic E-state index is 5.16. The number of hydrogen-bond acceptors (Lipinski definition) is 1. The van der Waals surface area contributed by atoms with Crippen LogP contribution >= 0.6 is 0 Å². The molecule has 3 rings (SSSR count). The molecule has 3 aromatic rings. The summed E-state index contributed by atoms with van der Waals surface area (Å²) >= 11 is 0. The van der Waals surface area contributed by atoms with Gasteiger partial charge in [-0.2, -0.15) is 0 Å². The Kier molecular flexibility index (Phi) is 7.38. The van der Waals surface area contributed by atoms with Crippen LogP contribution in [0.4, 0.5) is 5.69 Å². The van der Waals surface area contributed by atoms with Gasteiger partial charge in [-0.25, -0.2) is 9.13 Å². The number of para-hydroxylation sites is 2. The molecule has 3 heteroatoms. The fourth-order valence-corrected chi connectivity index (χ4v) is 4.35. The van der Waals surface area contributed by atoms with Crippen LogP contribution in [0.2, 0.25) is 0 Å². The molecule has 1 aromatic heterocycles. The van der Waals surface area contributed by atoms with E-state index in [2.05, 4.69) is 127 Å². The van der Waals surface area contributed by atoms with Gasteiger partial charge in [0.1, 0.15) is 17.6 Å². The van der Waals surface area contributed by atoms with E-state index in [0.29, 0.717) is 23.7 Å². The molecule has 0 radical (unpaired) electrons. The van der Waals surface area contributed by atoms with E-state index in [1.54, 1.807) is 0 Å². The number of aliphatic imine (C=N–C) groups is 1. The summed E-state index contributed by atoms with van der Waals surface area (Å²) in [6.07, 6.45) is 6.44. The molecule has 0 aliphatic rings. The summed E-state index contributed by atoms with van der Waals surface area (Å²) in [4.78, 5) is 5.16. The molecule has 0 amide bonds. The second-order valence-corrected chi connectivity index (χ2v) is 10.1. The Morgan fingerprint density at radius 1 is 0.719 bits per heavy atom. The summed E-state index contributed by atoms with van der Waals surface area (Å²) in [5.41, 5.74) is 7.79. The quantitative estimate of drug-likeness (QED) is 0.216. The lowest BCUT2D eigenvalue weighted by molar-refractivity contribution is -0.555. The van der Waals surface area contributed by atoms with Crippen LogP contribution in [0.15, 0.2) is 60.1 Å². The molecule has 1 heterocycles. The largest absolute Gasteiger partial charge is 0.240 e. The number of rotatable bonds is 6. The van der Waals surface area contributed by atoms with Crippen molar-refractivity contribution in [3.8, 4) is 5.69 Å². The van der Waals surface area contributed by atoms with Crippen molar-refractivity contribution in [3.05, 3.63) is 77.4 Å². The zero-order chi connectivity index (χ0) is 23.6. The lowest BCUT2D eigenvalue weighted by Gasteiger charge is -2.17. The van der Waals surface area contributed by atoms with Crippen molar-refractivity contribution in [3.63, 3.8) is 0 Å². The van der Waals surface area contributed by atoms with Gasteiger partial charge in [0.05, 0.1) is 6.20 Å². The molecule has 0 spiro atoms. The van der Waals surface area contributed by atoms with Crippen molar-refractivity contribution in [2.24, 2.45) is 4.99 Å². The van der Waals surface area contributed by atoms with E-state index >= 15 is 0 Å². The van der Waals surface area contributed by atoms with E-state index in [1.807, 2.05) is 0 Å². The Labute approximate surface area is 194 Å². The smallest absolute Gasteiger partial charge is 0.236 e. The highest BCUT2D eigenvalue weighted by molar-refractivity contribution is 5.76. The third-order valence-electron chi connectivity index (χ3n) is 6.23. The van der Waals surface area contributed by atoms with Gasteiger partial charge in [0.15, 0.2) is 6.33 Å². The number of benzene rings is 2. The molecule has 0 aliphatic carbocycles. The highest BCUT2D eigenvalue weighted by Gasteiger charge is 2.21. The van der Waals surface area contributed by atoms with E-state index in [9.17, 15) is 0 Å². The first-order valence-corrected chi connectivity index (χ1v) is 12.0. The highest BCUT2D eigenvalue weighted by Crippen LogP contribution is 2.35. The Bertz CT molecular complexity index is 1040. The molecule has 3 nitrogen and oxygen atoms in total. The molecule has 32 heavy (non-hydrogen) atoms. The minimum absolute atomic E-state index is 0.432. The van der Waals surface area contributed by atoms with Crippen LogP contribution in [0.25, 0.3) is 5.69 Å². The van der Waals surface area contributed by atoms with Crippen molar-refractivity contribution in [2.75, 3.05) is 0 Å². The molecular formula is C29H40N3+. The summed E-state index contributed by atoms with van der Waals surface area (Å²) in [5.74, 6) is 2.76. The van der Waals surface area contributed by atoms with E-state index in [-0.39, 0.29) is 0 Å². The lowest BCUT2D eigenvalue weighted by Crippen LogP contribution is -2.38. The van der Waals surface area contributed by atoms with Crippen LogP contribution in [0.1, 0.15) is 108 Å². The Morgan fingerprint density at radius 2 is 1.16 bits per heavy atom. The number of aromatic nitrogens is 2. The van der Waals surface area contributed by atoms with Crippen LogP contribution in [0.5, 0.6) is 0 Å². The van der Waals surface area contributed by atoms with Crippen LogP contribution < -0.4 is 4.57 Å². The first-order valence-electron chi connectivity index (χ1n) is 12.0. The first kappa shape index (κ1) is 24.0. The summed E-state index contributed by atoms with van der Waals surface area (Å²) in [6, 6.07) is 13.3. The van der Waals surface area contributed by atoms with Crippen molar-refractivity contribution < 1.29 is 4.57 Å². The van der Waals surface area contributed by atoms with E-state index in [1.165, 1.54) is 27.9 Å². The van der Waals surface area contributed by atoms with Crippen molar-refractivity contribution in [1.82, 2.24) is 4.57 Å². The van der Waals surface area contributed by atoms with Gasteiger partial charge in [-0.1, -0.05) is 91.8 Å². The van der Waals surface area contributed by atoms with E-state index in [4.69, 9.17) is 4.99 Å². The van der Waals surface area contributed by atoms with E-state index in [0.717, 1.165) is 11.5 Å². The zero-order valence-electron chi connectivity index (χ0n) is 21.3. The molecule has 0 aliphatic heterocycles. The second kappa shape index (κ2) is 9.85. The number of imidazole rings is 1. The molecule has 0 fully saturated rings. The molecular weight excluding hydrogens is 390 g/mol. The van der Waals surface area contributed by atoms with Gasteiger partial charge in [0.25, 0.3) is 0 Å². The summed E-state index contributed by atoms with van der Waals surface area (Å²) in [5, 5.41) is 0. The number of nitrogens with zero attached hydrogens (tertiary/aromatic N) is 3. The SMILES string of the molecule is CC(=Nc1c(C(C)C)cccc1C(C)C)[n+]1ccn(-c2c(C(C)C)cccc2C(C)C)c1. The lowest BCUT2D eigenvalue weighted by atomic mass is 9.92. The molecule has 2 aromatic carbocycles. The molecule has 0 atom stereocenters. The van der Waals surface area contributed by atoms with E-state index < -0.39 is 0 Å². The topological polar surface area (TPSA) is 21.2 Å². The summed E-state index contributed by atoms with van der Waals surface area (Å²) in [6.45, 7) is 20.1. The fraction of sp³-hybridized carbons (Fsp3) is 0.448. The van der Waals surface area contributed by atoms with Gasteiger partial charge in [0.2, 0.25) is 5.84 Å². The summed E-state index contributed by atoms with van der Waals surface area (Å²) < 4.78 is 4.41. The van der Waals surface area contributed by atoms with Crippen molar-refractivity contribution in [1.29, 1.82) is 0 Å². The van der Waals surface area contributed by atoms with Gasteiger partial charge in [0, 0.05) is 6.92 Å². The molecule has 0 N–H and O–H groups in total. The average molecular weight is 431 g/mol. The van der Waals surface area contributed by atoms with Gasteiger partial charge < -0.3 is 0 Å². The second-order valence-electron chi connectivity index (χ2n) is 10.1. The normalized spacial score (nSPS) is 12.6. The zero-order valence-corrected chi connectivity index (χ0v) is 21.3. The fourth-order valence-electron chi connectivity index (χ4n) is 4.35. The van der Waals surface area contributed by atoms with Gasteiger partial charge in [-0.3, -0.25) is 0 Å². The van der Waals surface area contributed by atoms with Crippen molar-refractivity contribution in [2.45, 2.75) is 86.0 Å².